The minimum Gasteiger partial charge on any atom is -0.537 e. The molecular weight excluding hydrogens is 566 g/mol. The number of benzene rings is 3. The van der Waals surface area contributed by atoms with Gasteiger partial charge in [-0.3, -0.25) is 0 Å². The normalized spacial score (nSPS) is 10.5. The van der Waals surface area contributed by atoms with Crippen LogP contribution in [0.5, 0.6) is 0 Å². The van der Waals surface area contributed by atoms with Gasteiger partial charge in [0.05, 0.1) is 0 Å². The van der Waals surface area contributed by atoms with E-state index in [2.05, 4.69) is 42.7 Å². The predicted octanol–water partition coefficient (Wildman–Crippen LogP) is 3.28. The zero-order valence-electron chi connectivity index (χ0n) is 13.7. The van der Waals surface area contributed by atoms with Gasteiger partial charge in [0.15, 0.2) is 0 Å². The van der Waals surface area contributed by atoms with Gasteiger partial charge in [-0.15, -0.1) is 0 Å². The third-order valence-corrected chi connectivity index (χ3v) is 8.40. The molecule has 0 atom stereocenters. The maximum Gasteiger partial charge on any atom is 0 e. The van der Waals surface area contributed by atoms with E-state index in [1.54, 1.807) is 0 Å². The van der Waals surface area contributed by atoms with Gasteiger partial charge in [0.1, 0.15) is 0 Å². The standard InChI is InChI=1S/C21H18OP.Rf/c1-18(17-22)23(19-11-5-2-6-12-19,20-13-7-3-8-14-20)21-15-9-4-10-16-21;/h2-16H,1H3;/q-1;. The number of hydrogen-bond donors (Lipinski definition) is 0. The van der Waals surface area contributed by atoms with E-state index in [4.69, 9.17) is 0 Å². The summed E-state index contributed by atoms with van der Waals surface area (Å²) in [4.78, 5) is 11.7. The molecule has 0 aliphatic rings. The SMILES string of the molecule is CC([C-]=O)=P(c1ccccc1)(c1ccccc1)c1ccccc1.[Rf]. The molecule has 0 spiro atoms. The first kappa shape index (κ1) is 17.0. The van der Waals surface area contributed by atoms with Gasteiger partial charge in [0.25, 0.3) is 0 Å². The van der Waals surface area contributed by atoms with E-state index in [-0.39, 0.29) is 0 Å². The van der Waals surface area contributed by atoms with E-state index < -0.39 is 6.89 Å². The fourth-order valence-electron chi connectivity index (χ4n) is 3.05. The van der Waals surface area contributed by atoms with E-state index in [1.807, 2.05) is 61.5 Å². The van der Waals surface area contributed by atoms with Gasteiger partial charge in [-0.25, -0.2) is 6.29 Å². The van der Waals surface area contributed by atoms with Crippen LogP contribution in [0.15, 0.2) is 91.0 Å². The van der Waals surface area contributed by atoms with Gasteiger partial charge in [0, 0.05) is 0 Å². The molecule has 0 N–H and O–H groups in total. The van der Waals surface area contributed by atoms with Crippen molar-refractivity contribution in [3.8, 4) is 0 Å². The van der Waals surface area contributed by atoms with E-state index in [0.717, 1.165) is 5.29 Å². The van der Waals surface area contributed by atoms with Crippen molar-refractivity contribution >= 4 is 34.4 Å². The average molecular weight is 584 g/mol. The molecule has 0 unspecified atom stereocenters. The molecule has 116 valence electrons. The van der Waals surface area contributed by atoms with Gasteiger partial charge < -0.3 is 4.79 Å². The van der Waals surface area contributed by atoms with Crippen molar-refractivity contribution in [2.75, 3.05) is 0 Å². The van der Waals surface area contributed by atoms with Crippen LogP contribution in [0.3, 0.4) is 0 Å². The summed E-state index contributed by atoms with van der Waals surface area (Å²) in [7, 11) is 0. The summed E-state index contributed by atoms with van der Waals surface area (Å²) in [5, 5.41) is 4.30. The Bertz CT molecular complexity index is 739. The molecule has 1 nitrogen and oxygen atoms in total. The third-order valence-electron chi connectivity index (χ3n) is 4.08. The summed E-state index contributed by atoms with van der Waals surface area (Å²) < 4.78 is 0. The van der Waals surface area contributed by atoms with Gasteiger partial charge in [-0.05, 0) is 15.9 Å². The largest absolute Gasteiger partial charge is 0.537 e. The summed E-state index contributed by atoms with van der Waals surface area (Å²) in [5.74, 6) is 0. The fraction of sp³-hybridized carbons (Fsp3) is 0.0476. The van der Waals surface area contributed by atoms with Crippen LogP contribution in [0.4, 0.5) is 0 Å². The summed E-state index contributed by atoms with van der Waals surface area (Å²) in [6.45, 7) is -0.241. The molecule has 0 aliphatic carbocycles. The second kappa shape index (κ2) is 7.26. The van der Waals surface area contributed by atoms with Crippen LogP contribution in [-0.4, -0.2) is 11.6 Å². The zero-order valence-corrected chi connectivity index (χ0v) is 21.0. The number of hydrogen-bond acceptors (Lipinski definition) is 1. The molecule has 3 heteroatoms. The van der Waals surface area contributed by atoms with Crippen molar-refractivity contribution in [1.29, 1.82) is 0 Å². The van der Waals surface area contributed by atoms with Crippen LogP contribution in [0, 0.1) is 0 Å². The third kappa shape index (κ3) is 2.66. The van der Waals surface area contributed by atoms with Crippen molar-refractivity contribution in [2.45, 2.75) is 6.92 Å². The number of carbonyl (C=O) groups excluding carboxylic acids is 1. The van der Waals surface area contributed by atoms with Crippen molar-refractivity contribution < 1.29 is 4.79 Å². The van der Waals surface area contributed by atoms with E-state index in [1.165, 1.54) is 15.9 Å². The zero-order chi connectivity index (χ0) is 16.1. The smallest absolute Gasteiger partial charge is 0 e. The maximum absolute atomic E-state index is 11.7. The molecule has 0 amide bonds. The maximum atomic E-state index is 11.7. The Labute approximate surface area is 137 Å². The van der Waals surface area contributed by atoms with Crippen molar-refractivity contribution in [3.63, 3.8) is 0 Å². The van der Waals surface area contributed by atoms with E-state index in [0.29, 0.717) is 0 Å². The molecule has 0 aliphatic heterocycles. The Hall–Kier alpha value is -3.37. The predicted molar refractivity (Wildman–Crippen MR) is 102 cm³/mol. The van der Waals surface area contributed by atoms with Crippen LogP contribution >= 0.6 is 6.89 Å². The quantitative estimate of drug-likeness (QED) is 0.340. The first-order valence-corrected chi connectivity index (χ1v) is 9.37. The van der Waals surface area contributed by atoms with Gasteiger partial charge in [-0.2, -0.15) is 5.29 Å². The summed E-state index contributed by atoms with van der Waals surface area (Å²) in [6, 6.07) is 31.0. The minimum absolute atomic E-state index is 0. The second-order valence-corrected chi connectivity index (χ2v) is 8.93. The van der Waals surface area contributed by atoms with Gasteiger partial charge >= 0.3 is 0 Å². The summed E-state index contributed by atoms with van der Waals surface area (Å²) in [6.07, 6.45) is 2.22. The molecule has 0 radical (unpaired) electrons. The molecular formula is C21H18OPRf-. The Morgan fingerprint density at radius 2 is 0.958 bits per heavy atom. The molecule has 0 bridgehead atoms. The molecule has 0 heterocycles. The van der Waals surface area contributed by atoms with E-state index >= 15 is 0 Å². The second-order valence-electron chi connectivity index (χ2n) is 5.36. The molecule has 0 fully saturated rings. The van der Waals surface area contributed by atoms with Crippen molar-refractivity contribution in [3.05, 3.63) is 91.0 Å². The van der Waals surface area contributed by atoms with Crippen LogP contribution in [0.1, 0.15) is 6.92 Å². The van der Waals surface area contributed by atoms with Gasteiger partial charge in [-0.1, -0.05) is 105 Å². The Morgan fingerprint density at radius 3 is 1.21 bits per heavy atom. The Kier molecular flexibility index (Phi) is 5.14. The first-order chi connectivity index (χ1) is 11.3. The van der Waals surface area contributed by atoms with Crippen LogP contribution < -0.4 is 15.9 Å². The fourth-order valence-corrected chi connectivity index (χ4v) is 7.10. The summed E-state index contributed by atoms with van der Waals surface area (Å²) >= 11 is 0. The molecule has 0 saturated carbocycles. The topological polar surface area (TPSA) is 17.1 Å². The van der Waals surface area contributed by atoms with Gasteiger partial charge in [0.2, 0.25) is 0 Å². The molecule has 24 heavy (non-hydrogen) atoms. The first-order valence-electron chi connectivity index (χ1n) is 7.58. The Balaban J connectivity index is 0.00000208. The van der Waals surface area contributed by atoms with Crippen LogP contribution in [-0.2, 0) is 4.79 Å². The van der Waals surface area contributed by atoms with Crippen LogP contribution in [0.25, 0.3) is 0 Å². The minimum atomic E-state index is -2.15. The Morgan fingerprint density at radius 1 is 0.667 bits per heavy atom. The molecule has 0 saturated heterocycles. The van der Waals surface area contributed by atoms with Crippen molar-refractivity contribution in [1.82, 2.24) is 0 Å². The van der Waals surface area contributed by atoms with Crippen LogP contribution in [0.2, 0.25) is 0 Å². The monoisotopic (exact) mass is 584 g/mol. The van der Waals surface area contributed by atoms with Crippen molar-refractivity contribution in [2.24, 2.45) is 0 Å². The molecule has 3 rings (SSSR count). The number of rotatable bonds is 4. The molecule has 3 aromatic rings. The average Bonchev–Trinajstić information content (AvgIpc) is 2.65. The van der Waals surface area contributed by atoms with E-state index in [9.17, 15) is 4.79 Å². The summed E-state index contributed by atoms with van der Waals surface area (Å²) in [5.41, 5.74) is 0. The molecule has 0 aromatic heterocycles. The molecule has 3 aromatic carbocycles.